The standard InChI is InChI=1S/C21H25NO3S/c1-26(23,24)18-12-10-17(11-13-18)25-21-19-9-5-2-6-15(19)14-20(21)22-16-7-3-4-8-16/h2,5-6,9-13,16,20-22H,3-4,7-8,14H2,1H3/t20-,21-/m0/s1. The largest absolute Gasteiger partial charge is 0.484 e. The van der Waals surface area contributed by atoms with Crippen LogP contribution in [-0.2, 0) is 16.3 Å². The number of hydrogen-bond acceptors (Lipinski definition) is 4. The minimum Gasteiger partial charge on any atom is -0.484 e. The first-order chi connectivity index (χ1) is 12.5. The van der Waals surface area contributed by atoms with E-state index >= 15 is 0 Å². The number of fused-ring (bicyclic) bond motifs is 1. The third kappa shape index (κ3) is 3.64. The van der Waals surface area contributed by atoms with Gasteiger partial charge in [0.05, 0.1) is 10.9 Å². The van der Waals surface area contributed by atoms with Crippen LogP contribution < -0.4 is 10.1 Å². The first-order valence-corrected chi connectivity index (χ1v) is 11.2. The number of ether oxygens (including phenoxy) is 1. The number of benzene rings is 2. The molecule has 138 valence electrons. The lowest BCUT2D eigenvalue weighted by Gasteiger charge is -2.26. The van der Waals surface area contributed by atoms with Crippen molar-refractivity contribution in [3.8, 4) is 5.75 Å². The maximum atomic E-state index is 11.6. The van der Waals surface area contributed by atoms with Gasteiger partial charge < -0.3 is 10.1 Å². The molecule has 2 aliphatic carbocycles. The van der Waals surface area contributed by atoms with E-state index in [0.717, 1.165) is 6.42 Å². The molecule has 2 aromatic rings. The van der Waals surface area contributed by atoms with Crippen molar-refractivity contribution < 1.29 is 13.2 Å². The van der Waals surface area contributed by atoms with Crippen molar-refractivity contribution in [2.24, 2.45) is 0 Å². The molecule has 0 aliphatic heterocycles. The number of hydrogen-bond donors (Lipinski definition) is 1. The van der Waals surface area contributed by atoms with Gasteiger partial charge in [-0.15, -0.1) is 0 Å². The maximum absolute atomic E-state index is 11.6. The highest BCUT2D eigenvalue weighted by Gasteiger charge is 2.35. The smallest absolute Gasteiger partial charge is 0.175 e. The van der Waals surface area contributed by atoms with E-state index in [1.165, 1.54) is 43.1 Å². The van der Waals surface area contributed by atoms with Gasteiger partial charge in [-0.1, -0.05) is 37.1 Å². The summed E-state index contributed by atoms with van der Waals surface area (Å²) in [7, 11) is -3.19. The predicted molar refractivity (Wildman–Crippen MR) is 102 cm³/mol. The average molecular weight is 372 g/mol. The van der Waals surface area contributed by atoms with Crippen molar-refractivity contribution in [3.05, 3.63) is 59.7 Å². The van der Waals surface area contributed by atoms with Gasteiger partial charge in [0.25, 0.3) is 0 Å². The van der Waals surface area contributed by atoms with Gasteiger partial charge in [0.15, 0.2) is 9.84 Å². The molecule has 26 heavy (non-hydrogen) atoms. The molecule has 0 saturated heterocycles. The van der Waals surface area contributed by atoms with Gasteiger partial charge in [0.2, 0.25) is 0 Å². The summed E-state index contributed by atoms with van der Waals surface area (Å²) in [6, 6.07) is 16.0. The lowest BCUT2D eigenvalue weighted by Crippen LogP contribution is -2.41. The summed E-state index contributed by atoms with van der Waals surface area (Å²) < 4.78 is 29.6. The van der Waals surface area contributed by atoms with Gasteiger partial charge in [0.1, 0.15) is 11.9 Å². The second-order valence-corrected chi connectivity index (χ2v) is 9.46. The molecule has 4 rings (SSSR count). The van der Waals surface area contributed by atoms with E-state index in [9.17, 15) is 8.42 Å². The molecule has 0 bridgehead atoms. The molecule has 1 saturated carbocycles. The molecule has 0 amide bonds. The fraction of sp³-hybridized carbons (Fsp3) is 0.429. The van der Waals surface area contributed by atoms with Crippen LogP contribution in [0.3, 0.4) is 0 Å². The van der Waals surface area contributed by atoms with E-state index in [1.54, 1.807) is 24.3 Å². The molecular weight excluding hydrogens is 346 g/mol. The number of nitrogens with one attached hydrogen (secondary N) is 1. The van der Waals surface area contributed by atoms with Crippen LogP contribution in [0.4, 0.5) is 0 Å². The van der Waals surface area contributed by atoms with Crippen molar-refractivity contribution in [1.82, 2.24) is 5.32 Å². The van der Waals surface area contributed by atoms with E-state index in [0.29, 0.717) is 16.7 Å². The second-order valence-electron chi connectivity index (χ2n) is 7.44. The zero-order chi connectivity index (χ0) is 18.1. The van der Waals surface area contributed by atoms with Gasteiger partial charge in [-0.3, -0.25) is 0 Å². The SMILES string of the molecule is CS(=O)(=O)c1ccc(O[C@H]2c3ccccc3C[C@@H]2NC2CCCC2)cc1. The molecular formula is C21H25NO3S. The average Bonchev–Trinajstić information content (AvgIpc) is 3.24. The summed E-state index contributed by atoms with van der Waals surface area (Å²) in [6.07, 6.45) is 7.23. The van der Waals surface area contributed by atoms with Crippen LogP contribution in [0.5, 0.6) is 5.75 Å². The quantitative estimate of drug-likeness (QED) is 0.871. The summed E-state index contributed by atoms with van der Waals surface area (Å²) in [5.41, 5.74) is 2.57. The van der Waals surface area contributed by atoms with Crippen LogP contribution in [0, 0.1) is 0 Å². The van der Waals surface area contributed by atoms with Gasteiger partial charge in [0, 0.05) is 12.3 Å². The summed E-state index contributed by atoms with van der Waals surface area (Å²) >= 11 is 0. The Morgan fingerprint density at radius 3 is 2.38 bits per heavy atom. The molecule has 1 fully saturated rings. The van der Waals surface area contributed by atoms with Crippen LogP contribution >= 0.6 is 0 Å². The van der Waals surface area contributed by atoms with Crippen molar-refractivity contribution >= 4 is 9.84 Å². The molecule has 0 heterocycles. The summed E-state index contributed by atoms with van der Waals surface area (Å²) in [4.78, 5) is 0.317. The summed E-state index contributed by atoms with van der Waals surface area (Å²) in [5.74, 6) is 0.706. The zero-order valence-corrected chi connectivity index (χ0v) is 15.8. The van der Waals surface area contributed by atoms with Crippen LogP contribution in [0.1, 0.15) is 42.9 Å². The van der Waals surface area contributed by atoms with Gasteiger partial charge in [-0.25, -0.2) is 8.42 Å². The molecule has 0 unspecified atom stereocenters. The van der Waals surface area contributed by atoms with Crippen molar-refractivity contribution in [2.45, 2.75) is 55.2 Å². The second kappa shape index (κ2) is 7.05. The molecule has 5 heteroatoms. The van der Waals surface area contributed by atoms with Gasteiger partial charge in [-0.2, -0.15) is 0 Å². The molecule has 2 aliphatic rings. The molecule has 2 atom stereocenters. The fourth-order valence-electron chi connectivity index (χ4n) is 4.16. The minimum absolute atomic E-state index is 0.0455. The van der Waals surface area contributed by atoms with Crippen LogP contribution in [0.25, 0.3) is 0 Å². The fourth-order valence-corrected chi connectivity index (χ4v) is 4.79. The summed E-state index contributed by atoms with van der Waals surface area (Å²) in [6.45, 7) is 0. The van der Waals surface area contributed by atoms with Crippen LogP contribution in [0.15, 0.2) is 53.4 Å². The van der Waals surface area contributed by atoms with E-state index in [2.05, 4.69) is 29.6 Å². The Labute approximate surface area is 155 Å². The lowest BCUT2D eigenvalue weighted by atomic mass is 10.1. The Morgan fingerprint density at radius 1 is 1.00 bits per heavy atom. The third-order valence-electron chi connectivity index (χ3n) is 5.49. The Kier molecular flexibility index (Phi) is 4.76. The topological polar surface area (TPSA) is 55.4 Å². The zero-order valence-electron chi connectivity index (χ0n) is 15.0. The van der Waals surface area contributed by atoms with E-state index in [-0.39, 0.29) is 12.1 Å². The Hall–Kier alpha value is -1.85. The molecule has 4 nitrogen and oxygen atoms in total. The third-order valence-corrected chi connectivity index (χ3v) is 6.62. The highest BCUT2D eigenvalue weighted by atomic mass is 32.2. The molecule has 0 aromatic heterocycles. The first-order valence-electron chi connectivity index (χ1n) is 9.31. The van der Waals surface area contributed by atoms with E-state index in [1.807, 2.05) is 0 Å². The van der Waals surface area contributed by atoms with Crippen LogP contribution in [-0.4, -0.2) is 26.8 Å². The lowest BCUT2D eigenvalue weighted by molar-refractivity contribution is 0.160. The number of sulfone groups is 1. The monoisotopic (exact) mass is 371 g/mol. The van der Waals surface area contributed by atoms with Gasteiger partial charge >= 0.3 is 0 Å². The molecule has 2 aromatic carbocycles. The normalized spacial score (nSPS) is 23.1. The van der Waals surface area contributed by atoms with Crippen molar-refractivity contribution in [2.75, 3.05) is 6.26 Å². The van der Waals surface area contributed by atoms with E-state index < -0.39 is 9.84 Å². The molecule has 0 radical (unpaired) electrons. The maximum Gasteiger partial charge on any atom is 0.175 e. The highest BCUT2D eigenvalue weighted by molar-refractivity contribution is 7.90. The van der Waals surface area contributed by atoms with Crippen molar-refractivity contribution in [3.63, 3.8) is 0 Å². The highest BCUT2D eigenvalue weighted by Crippen LogP contribution is 2.36. The van der Waals surface area contributed by atoms with Gasteiger partial charge in [-0.05, 0) is 54.7 Å². The first kappa shape index (κ1) is 17.6. The molecule has 0 spiro atoms. The van der Waals surface area contributed by atoms with Crippen LogP contribution in [0.2, 0.25) is 0 Å². The minimum atomic E-state index is -3.19. The Bertz CT molecular complexity index is 870. The number of rotatable bonds is 5. The van der Waals surface area contributed by atoms with E-state index in [4.69, 9.17) is 4.74 Å². The Morgan fingerprint density at radius 2 is 1.69 bits per heavy atom. The molecule has 1 N–H and O–H groups in total. The summed E-state index contributed by atoms with van der Waals surface area (Å²) in [5, 5.41) is 3.81. The van der Waals surface area contributed by atoms with Crippen molar-refractivity contribution in [1.29, 1.82) is 0 Å². The predicted octanol–water partition coefficient (Wildman–Crippen LogP) is 3.67. The Balaban J connectivity index is 1.56.